The van der Waals surface area contributed by atoms with Crippen molar-refractivity contribution in [1.29, 1.82) is 5.41 Å². The second kappa shape index (κ2) is 5.29. The van der Waals surface area contributed by atoms with E-state index in [0.29, 0.717) is 12.2 Å². The lowest BCUT2D eigenvalue weighted by Gasteiger charge is -2.08. The summed E-state index contributed by atoms with van der Waals surface area (Å²) in [5.41, 5.74) is 1.13. The summed E-state index contributed by atoms with van der Waals surface area (Å²) in [6, 6.07) is 7.32. The van der Waals surface area contributed by atoms with E-state index < -0.39 is 0 Å². The van der Waals surface area contributed by atoms with Gasteiger partial charge in [0.2, 0.25) is 0 Å². The first-order valence-corrected chi connectivity index (χ1v) is 4.90. The van der Waals surface area contributed by atoms with Crippen LogP contribution in [0, 0.1) is 18.3 Å². The largest absolute Gasteiger partial charge is 0.426 e. The predicted octanol–water partition coefficient (Wildman–Crippen LogP) is 2.58. The zero-order valence-corrected chi connectivity index (χ0v) is 8.99. The van der Waals surface area contributed by atoms with Crippen LogP contribution in [-0.4, -0.2) is 12.2 Å². The summed E-state index contributed by atoms with van der Waals surface area (Å²) >= 11 is 0. The zero-order chi connectivity index (χ0) is 11.3. The number of rotatable bonds is 4. The van der Waals surface area contributed by atoms with Crippen molar-refractivity contribution in [1.82, 2.24) is 0 Å². The van der Waals surface area contributed by atoms with Crippen LogP contribution in [0.4, 0.5) is 0 Å². The van der Waals surface area contributed by atoms with Gasteiger partial charge in [0, 0.05) is 0 Å². The Kier molecular flexibility index (Phi) is 4.03. The fourth-order valence-electron chi connectivity index (χ4n) is 1.10. The minimum Gasteiger partial charge on any atom is -0.426 e. The highest BCUT2D eigenvalue weighted by atomic mass is 16.5. The quantitative estimate of drug-likeness (QED) is 0.466. The summed E-state index contributed by atoms with van der Waals surface area (Å²) < 4.78 is 5.14. The van der Waals surface area contributed by atoms with E-state index in [1.54, 1.807) is 19.1 Å². The van der Waals surface area contributed by atoms with E-state index in [1.165, 1.54) is 6.21 Å². The lowest BCUT2D eigenvalue weighted by atomic mass is 10.1. The lowest BCUT2D eigenvalue weighted by molar-refractivity contribution is -0.138. The molecule has 1 N–H and O–H groups in total. The average Bonchev–Trinajstić information content (AvgIpc) is 2.22. The van der Waals surface area contributed by atoms with Crippen molar-refractivity contribution in [2.24, 2.45) is 5.92 Å². The fourth-order valence-corrected chi connectivity index (χ4v) is 1.10. The number of hydrogen-bond donors (Lipinski definition) is 1. The molecule has 0 saturated carbocycles. The number of nitrogens with one attached hydrogen (secondary N) is 1. The molecule has 1 aromatic carbocycles. The minimum absolute atomic E-state index is 0.260. The Morgan fingerprint density at radius 1 is 1.47 bits per heavy atom. The van der Waals surface area contributed by atoms with E-state index in [0.717, 1.165) is 5.56 Å². The van der Waals surface area contributed by atoms with E-state index in [2.05, 4.69) is 0 Å². The Hall–Kier alpha value is -1.64. The molecule has 0 aliphatic carbocycles. The van der Waals surface area contributed by atoms with Gasteiger partial charge in [-0.25, -0.2) is 0 Å². The summed E-state index contributed by atoms with van der Waals surface area (Å²) in [6.07, 6.45) is 1.64. The molecule has 1 atom stereocenters. The van der Waals surface area contributed by atoms with Gasteiger partial charge in [-0.3, -0.25) is 4.79 Å². The standard InChI is InChI=1S/C12H15NO2/c1-9-3-5-11(6-4-9)15-12(14)10(2)7-8-13/h3-6,8,10,13H,7H2,1-2H3. The van der Waals surface area contributed by atoms with Crippen LogP contribution >= 0.6 is 0 Å². The van der Waals surface area contributed by atoms with Gasteiger partial charge in [0.05, 0.1) is 5.92 Å². The number of carbonyl (C=O) groups is 1. The van der Waals surface area contributed by atoms with Gasteiger partial charge in [-0.1, -0.05) is 24.6 Å². The normalized spacial score (nSPS) is 11.9. The first kappa shape index (κ1) is 11.4. The van der Waals surface area contributed by atoms with E-state index in [1.807, 2.05) is 19.1 Å². The SMILES string of the molecule is Cc1ccc(OC(=O)C(C)CC=N)cc1. The number of esters is 1. The maximum Gasteiger partial charge on any atom is 0.314 e. The van der Waals surface area contributed by atoms with E-state index in [-0.39, 0.29) is 11.9 Å². The average molecular weight is 205 g/mol. The van der Waals surface area contributed by atoms with Crippen molar-refractivity contribution in [2.45, 2.75) is 20.3 Å². The highest BCUT2D eigenvalue weighted by Gasteiger charge is 2.13. The Morgan fingerprint density at radius 2 is 2.07 bits per heavy atom. The van der Waals surface area contributed by atoms with Crippen molar-refractivity contribution in [3.63, 3.8) is 0 Å². The minimum atomic E-state index is -0.289. The zero-order valence-electron chi connectivity index (χ0n) is 8.99. The van der Waals surface area contributed by atoms with Gasteiger partial charge in [0.25, 0.3) is 0 Å². The van der Waals surface area contributed by atoms with Gasteiger partial charge in [-0.05, 0) is 31.7 Å². The molecule has 0 aromatic heterocycles. The Morgan fingerprint density at radius 3 is 2.60 bits per heavy atom. The van der Waals surface area contributed by atoms with Crippen LogP contribution in [0.3, 0.4) is 0 Å². The molecule has 15 heavy (non-hydrogen) atoms. The Bertz CT molecular complexity index is 343. The second-order valence-electron chi connectivity index (χ2n) is 3.58. The molecule has 3 heteroatoms. The smallest absolute Gasteiger partial charge is 0.314 e. The van der Waals surface area contributed by atoms with Crippen LogP contribution in [0.5, 0.6) is 5.75 Å². The van der Waals surface area contributed by atoms with Crippen LogP contribution in [0.25, 0.3) is 0 Å². The molecule has 0 saturated heterocycles. The van der Waals surface area contributed by atoms with Gasteiger partial charge in [-0.2, -0.15) is 0 Å². The number of aryl methyl sites for hydroxylation is 1. The van der Waals surface area contributed by atoms with Crippen molar-refractivity contribution >= 4 is 12.2 Å². The van der Waals surface area contributed by atoms with Crippen molar-refractivity contribution in [3.8, 4) is 5.75 Å². The van der Waals surface area contributed by atoms with E-state index >= 15 is 0 Å². The molecule has 0 amide bonds. The van der Waals surface area contributed by atoms with Crippen molar-refractivity contribution in [2.75, 3.05) is 0 Å². The Labute approximate surface area is 89.6 Å². The van der Waals surface area contributed by atoms with Crippen LogP contribution < -0.4 is 4.74 Å². The van der Waals surface area contributed by atoms with Crippen molar-refractivity contribution < 1.29 is 9.53 Å². The van der Waals surface area contributed by atoms with Crippen LogP contribution in [-0.2, 0) is 4.79 Å². The summed E-state index contributed by atoms with van der Waals surface area (Å²) in [7, 11) is 0. The molecule has 1 aromatic rings. The van der Waals surface area contributed by atoms with Gasteiger partial charge < -0.3 is 10.1 Å². The molecule has 0 aliphatic heterocycles. The second-order valence-corrected chi connectivity index (χ2v) is 3.58. The van der Waals surface area contributed by atoms with E-state index in [4.69, 9.17) is 10.1 Å². The third-order valence-corrected chi connectivity index (χ3v) is 2.11. The third kappa shape index (κ3) is 3.54. The molecule has 0 radical (unpaired) electrons. The van der Waals surface area contributed by atoms with Gasteiger partial charge in [-0.15, -0.1) is 0 Å². The lowest BCUT2D eigenvalue weighted by Crippen LogP contribution is -2.17. The maximum atomic E-state index is 11.5. The highest BCUT2D eigenvalue weighted by molar-refractivity contribution is 5.77. The topological polar surface area (TPSA) is 50.2 Å². The van der Waals surface area contributed by atoms with Crippen LogP contribution in [0.1, 0.15) is 18.9 Å². The molecule has 0 spiro atoms. The molecule has 1 rings (SSSR count). The van der Waals surface area contributed by atoms with Crippen LogP contribution in [0.15, 0.2) is 24.3 Å². The first-order valence-electron chi connectivity index (χ1n) is 4.90. The van der Waals surface area contributed by atoms with Crippen molar-refractivity contribution in [3.05, 3.63) is 29.8 Å². The number of ether oxygens (including phenoxy) is 1. The van der Waals surface area contributed by atoms with Gasteiger partial charge in [0.15, 0.2) is 0 Å². The van der Waals surface area contributed by atoms with E-state index in [9.17, 15) is 4.79 Å². The monoisotopic (exact) mass is 205 g/mol. The number of benzene rings is 1. The first-order chi connectivity index (χ1) is 7.13. The summed E-state index contributed by atoms with van der Waals surface area (Å²) in [6.45, 7) is 3.73. The van der Waals surface area contributed by atoms with Crippen LogP contribution in [0.2, 0.25) is 0 Å². The molecule has 1 unspecified atom stereocenters. The predicted molar refractivity (Wildman–Crippen MR) is 59.4 cm³/mol. The number of carbonyl (C=O) groups excluding carboxylic acids is 1. The molecular weight excluding hydrogens is 190 g/mol. The summed E-state index contributed by atoms with van der Waals surface area (Å²) in [5, 5.41) is 6.90. The molecule has 0 heterocycles. The third-order valence-electron chi connectivity index (χ3n) is 2.11. The molecule has 80 valence electrons. The Balaban J connectivity index is 2.58. The molecular formula is C12H15NO2. The fraction of sp³-hybridized carbons (Fsp3) is 0.333. The van der Waals surface area contributed by atoms with Gasteiger partial charge in [0.1, 0.15) is 5.75 Å². The molecule has 0 bridgehead atoms. The molecule has 0 fully saturated rings. The summed E-state index contributed by atoms with van der Waals surface area (Å²) in [4.78, 5) is 11.5. The number of hydrogen-bond acceptors (Lipinski definition) is 3. The maximum absolute atomic E-state index is 11.5. The van der Waals surface area contributed by atoms with Gasteiger partial charge >= 0.3 is 5.97 Å². The molecule has 0 aliphatic rings. The highest BCUT2D eigenvalue weighted by Crippen LogP contribution is 2.14. The molecule has 3 nitrogen and oxygen atoms in total. The summed E-state index contributed by atoms with van der Waals surface area (Å²) in [5.74, 6) is 0.00795.